The first-order valence-electron chi connectivity index (χ1n) is 6.47. The first kappa shape index (κ1) is 16.3. The van der Waals surface area contributed by atoms with Crippen molar-refractivity contribution in [2.24, 2.45) is 11.3 Å². The van der Waals surface area contributed by atoms with Gasteiger partial charge in [-0.2, -0.15) is 0 Å². The van der Waals surface area contributed by atoms with Gasteiger partial charge in [-0.3, -0.25) is 9.59 Å². The second-order valence-electron chi connectivity index (χ2n) is 6.07. The molecule has 0 spiro atoms. The minimum Gasteiger partial charge on any atom is -0.481 e. The highest BCUT2D eigenvalue weighted by Gasteiger charge is 2.56. The predicted octanol–water partition coefficient (Wildman–Crippen LogP) is 1.42. The molecule has 20 heavy (non-hydrogen) atoms. The maximum Gasteiger partial charge on any atom is 0.410 e. The van der Waals surface area contributed by atoms with Gasteiger partial charge in [0.2, 0.25) is 0 Å². The summed E-state index contributed by atoms with van der Waals surface area (Å²) < 4.78 is 5.17. The van der Waals surface area contributed by atoms with E-state index in [0.717, 1.165) is 0 Å². The van der Waals surface area contributed by atoms with E-state index in [4.69, 9.17) is 4.74 Å². The van der Waals surface area contributed by atoms with Crippen LogP contribution in [-0.2, 0) is 14.3 Å². The molecule has 1 fully saturated rings. The summed E-state index contributed by atoms with van der Waals surface area (Å²) in [6.45, 7) is 6.40. The number of nitrogens with zero attached hydrogens (tertiary/aromatic N) is 1. The van der Waals surface area contributed by atoms with Crippen LogP contribution in [0.3, 0.4) is 0 Å². The Hall–Kier alpha value is -1.79. The summed E-state index contributed by atoms with van der Waals surface area (Å²) in [6.07, 6.45) is -0.543. The highest BCUT2D eigenvalue weighted by atomic mass is 16.6. The number of aliphatic carboxylic acids is 2. The fraction of sp³-hybridized carbons (Fsp3) is 0.769. The molecule has 0 radical (unpaired) electrons. The van der Waals surface area contributed by atoms with Crippen LogP contribution < -0.4 is 0 Å². The maximum absolute atomic E-state index is 12.0. The smallest absolute Gasteiger partial charge is 0.410 e. The molecule has 1 rings (SSSR count). The number of carboxylic acids is 2. The molecule has 1 heterocycles. The average Bonchev–Trinajstić information content (AvgIpc) is 2.67. The van der Waals surface area contributed by atoms with Gasteiger partial charge in [0.1, 0.15) is 11.0 Å². The third-order valence-electron chi connectivity index (χ3n) is 3.55. The summed E-state index contributed by atoms with van der Waals surface area (Å²) in [5.74, 6) is -3.53. The normalized spacial score (nSPS) is 26.4. The van der Waals surface area contributed by atoms with Crippen molar-refractivity contribution in [1.82, 2.24) is 4.90 Å². The zero-order valence-electron chi connectivity index (χ0n) is 12.2. The molecular weight excluding hydrogens is 266 g/mol. The van der Waals surface area contributed by atoms with Crippen LogP contribution in [0, 0.1) is 11.3 Å². The maximum atomic E-state index is 12.0. The summed E-state index contributed by atoms with van der Waals surface area (Å²) in [7, 11) is 0. The van der Waals surface area contributed by atoms with Crippen molar-refractivity contribution in [1.29, 1.82) is 0 Å². The lowest BCUT2D eigenvalue weighted by Crippen LogP contribution is -2.42. The van der Waals surface area contributed by atoms with Gasteiger partial charge < -0.3 is 19.8 Å². The molecule has 1 aliphatic rings. The van der Waals surface area contributed by atoms with Gasteiger partial charge in [0, 0.05) is 13.1 Å². The molecule has 114 valence electrons. The van der Waals surface area contributed by atoms with Crippen molar-refractivity contribution in [2.75, 3.05) is 13.1 Å². The number of carbonyl (C=O) groups is 3. The van der Waals surface area contributed by atoms with Crippen LogP contribution in [0.1, 0.15) is 34.1 Å². The van der Waals surface area contributed by atoms with Crippen molar-refractivity contribution >= 4 is 18.0 Å². The number of carboxylic acid groups (broad SMARTS) is 2. The molecule has 1 aliphatic heterocycles. The number of ether oxygens (including phenoxy) is 1. The number of carbonyl (C=O) groups excluding carboxylic acids is 1. The molecule has 7 nitrogen and oxygen atoms in total. The topological polar surface area (TPSA) is 104 Å². The Morgan fingerprint density at radius 2 is 1.85 bits per heavy atom. The third-order valence-corrected chi connectivity index (χ3v) is 3.55. The molecular formula is C13H21NO6. The van der Waals surface area contributed by atoms with Gasteiger partial charge in [0.05, 0.1) is 5.92 Å². The molecule has 2 atom stereocenters. The summed E-state index contributed by atoms with van der Waals surface area (Å²) in [5.41, 5.74) is -2.17. The standard InChI is InChI=1S/C13H21NO6/c1-5-13(10(17)18)7-14(6-8(13)9(15)16)11(19)20-12(2,3)4/h8H,5-7H2,1-4H3,(H,15,16)(H,17,18)/t8-,13-/m0/s1. The van der Waals surface area contributed by atoms with Crippen LogP contribution in [0.5, 0.6) is 0 Å². The Labute approximate surface area is 117 Å². The second-order valence-corrected chi connectivity index (χ2v) is 6.07. The van der Waals surface area contributed by atoms with Gasteiger partial charge in [0.25, 0.3) is 0 Å². The second kappa shape index (κ2) is 5.30. The lowest BCUT2D eigenvalue weighted by molar-refractivity contribution is -0.159. The van der Waals surface area contributed by atoms with Gasteiger partial charge >= 0.3 is 18.0 Å². The van der Waals surface area contributed by atoms with E-state index in [1.54, 1.807) is 27.7 Å². The highest BCUT2D eigenvalue weighted by molar-refractivity contribution is 5.86. The summed E-state index contributed by atoms with van der Waals surface area (Å²) in [4.78, 5) is 35.9. The van der Waals surface area contributed by atoms with E-state index in [0.29, 0.717) is 0 Å². The number of amides is 1. The minimum absolute atomic E-state index is 0.137. The van der Waals surface area contributed by atoms with Crippen LogP contribution in [0.4, 0.5) is 4.79 Å². The number of hydrogen-bond donors (Lipinski definition) is 2. The van der Waals surface area contributed by atoms with Crippen LogP contribution in [0.15, 0.2) is 0 Å². The number of hydrogen-bond acceptors (Lipinski definition) is 4. The van der Waals surface area contributed by atoms with Crippen LogP contribution in [0.25, 0.3) is 0 Å². The van der Waals surface area contributed by atoms with Gasteiger partial charge in [-0.1, -0.05) is 6.92 Å². The summed E-state index contributed by atoms with van der Waals surface area (Å²) in [6, 6.07) is 0. The molecule has 2 N–H and O–H groups in total. The van der Waals surface area contributed by atoms with E-state index in [2.05, 4.69) is 0 Å². The van der Waals surface area contributed by atoms with E-state index in [-0.39, 0.29) is 19.5 Å². The lowest BCUT2D eigenvalue weighted by atomic mass is 9.76. The Balaban J connectivity index is 2.99. The van der Waals surface area contributed by atoms with Gasteiger partial charge in [-0.15, -0.1) is 0 Å². The first-order valence-corrected chi connectivity index (χ1v) is 6.47. The Bertz CT molecular complexity index is 427. The van der Waals surface area contributed by atoms with Gasteiger partial charge in [-0.05, 0) is 27.2 Å². The van der Waals surface area contributed by atoms with E-state index < -0.39 is 35.0 Å². The highest BCUT2D eigenvalue weighted by Crippen LogP contribution is 2.40. The molecule has 7 heteroatoms. The number of likely N-dealkylation sites (tertiary alicyclic amines) is 1. The van der Waals surface area contributed by atoms with Crippen LogP contribution in [-0.4, -0.2) is 51.8 Å². The fourth-order valence-electron chi connectivity index (χ4n) is 2.42. The van der Waals surface area contributed by atoms with Crippen molar-refractivity contribution in [3.05, 3.63) is 0 Å². The zero-order chi connectivity index (χ0) is 15.7. The van der Waals surface area contributed by atoms with E-state index in [1.807, 2.05) is 0 Å². The lowest BCUT2D eigenvalue weighted by Gasteiger charge is -2.27. The summed E-state index contributed by atoms with van der Waals surface area (Å²) in [5, 5.41) is 18.6. The molecule has 0 bridgehead atoms. The van der Waals surface area contributed by atoms with Crippen molar-refractivity contribution < 1.29 is 29.3 Å². The van der Waals surface area contributed by atoms with Crippen molar-refractivity contribution in [3.63, 3.8) is 0 Å². The fourth-order valence-corrected chi connectivity index (χ4v) is 2.42. The monoisotopic (exact) mass is 287 g/mol. The quantitative estimate of drug-likeness (QED) is 0.813. The molecule has 0 aromatic heterocycles. The van der Waals surface area contributed by atoms with E-state index in [1.165, 1.54) is 4.90 Å². The molecule has 0 saturated carbocycles. The average molecular weight is 287 g/mol. The predicted molar refractivity (Wildman–Crippen MR) is 69.3 cm³/mol. The molecule has 1 amide bonds. The van der Waals surface area contributed by atoms with Gasteiger partial charge in [-0.25, -0.2) is 4.79 Å². The zero-order valence-corrected chi connectivity index (χ0v) is 12.2. The first-order chi connectivity index (χ1) is 9.03. The molecule has 0 aromatic carbocycles. The molecule has 0 unspecified atom stereocenters. The molecule has 0 aliphatic carbocycles. The largest absolute Gasteiger partial charge is 0.481 e. The third kappa shape index (κ3) is 3.02. The van der Waals surface area contributed by atoms with Crippen LogP contribution >= 0.6 is 0 Å². The Kier molecular flexibility index (Phi) is 4.31. The van der Waals surface area contributed by atoms with Gasteiger partial charge in [0.15, 0.2) is 0 Å². The van der Waals surface area contributed by atoms with Crippen molar-refractivity contribution in [2.45, 2.75) is 39.7 Å². The summed E-state index contributed by atoms with van der Waals surface area (Å²) >= 11 is 0. The SMILES string of the molecule is CC[C@]1(C(=O)O)CN(C(=O)OC(C)(C)C)C[C@H]1C(=O)O. The van der Waals surface area contributed by atoms with Crippen LogP contribution in [0.2, 0.25) is 0 Å². The van der Waals surface area contributed by atoms with E-state index >= 15 is 0 Å². The minimum atomic E-state index is -1.46. The van der Waals surface area contributed by atoms with Crippen molar-refractivity contribution in [3.8, 4) is 0 Å². The Morgan fingerprint density at radius 3 is 2.15 bits per heavy atom. The molecule has 0 aromatic rings. The van der Waals surface area contributed by atoms with E-state index in [9.17, 15) is 24.6 Å². The Morgan fingerprint density at radius 1 is 1.30 bits per heavy atom. The molecule has 1 saturated heterocycles. The number of rotatable bonds is 3.